The molecule has 1 aromatic rings. The first-order valence-electron chi connectivity index (χ1n) is 8.25. The van der Waals surface area contributed by atoms with Gasteiger partial charge in [-0.2, -0.15) is 4.98 Å². The maximum Gasteiger partial charge on any atom is 0.227 e. The number of hydrogen-bond acceptors (Lipinski definition) is 7. The van der Waals surface area contributed by atoms with Crippen molar-refractivity contribution < 1.29 is 14.1 Å². The van der Waals surface area contributed by atoms with Crippen LogP contribution in [0.3, 0.4) is 0 Å². The fraction of sp³-hybridized carbons (Fsp3) is 0.667. The molecule has 3 aliphatic rings. The third kappa shape index (κ3) is 2.75. The van der Waals surface area contributed by atoms with E-state index in [9.17, 15) is 14.1 Å². The second-order valence-corrected chi connectivity index (χ2v) is 8.11. The van der Waals surface area contributed by atoms with Crippen LogP contribution >= 0.6 is 0 Å². The van der Waals surface area contributed by atoms with E-state index in [4.69, 9.17) is 0 Å². The predicted octanol–water partition coefficient (Wildman–Crippen LogP) is -0.646. The molecule has 0 aromatic carbocycles. The molecule has 0 bridgehead atoms. The van der Waals surface area contributed by atoms with E-state index < -0.39 is 10.8 Å². The van der Waals surface area contributed by atoms with Gasteiger partial charge in [-0.05, 0) is 6.42 Å². The molecule has 3 aliphatic heterocycles. The Morgan fingerprint density at radius 1 is 1.33 bits per heavy atom. The number of anilines is 2. The van der Waals surface area contributed by atoms with Gasteiger partial charge in [0.15, 0.2) is 0 Å². The fourth-order valence-corrected chi connectivity index (χ4v) is 4.71. The zero-order valence-corrected chi connectivity index (χ0v) is 14.4. The molecule has 0 saturated carbocycles. The summed E-state index contributed by atoms with van der Waals surface area (Å²) in [6, 6.07) is 0.111. The molecular formula is C15H21N5O3S. The maximum atomic E-state index is 12.3. The summed E-state index contributed by atoms with van der Waals surface area (Å²) in [6.45, 7) is 4.01. The summed E-state index contributed by atoms with van der Waals surface area (Å²) < 4.78 is 12.3. The van der Waals surface area contributed by atoms with E-state index in [1.807, 2.05) is 9.80 Å². The Morgan fingerprint density at radius 2 is 2.12 bits per heavy atom. The van der Waals surface area contributed by atoms with Crippen molar-refractivity contribution in [3.8, 4) is 0 Å². The number of β-amino-alcohol motifs (C(OH)–C–C–N with tert-alkyl or cyclic N) is 1. The minimum Gasteiger partial charge on any atom is -0.389 e. The van der Waals surface area contributed by atoms with Gasteiger partial charge in [0, 0.05) is 51.3 Å². The molecule has 4 heterocycles. The Bertz CT molecular complexity index is 707. The number of hydrogen-bond donors (Lipinski definition) is 2. The van der Waals surface area contributed by atoms with Gasteiger partial charge in [0.05, 0.1) is 22.6 Å². The molecule has 1 aromatic heterocycles. The predicted molar refractivity (Wildman–Crippen MR) is 89.5 cm³/mol. The SMILES string of the molecule is CC(=O)N1CC[C@H](Nc2nc(N3CC(O)C3)nc3c2S(=O)CC3)C1. The largest absolute Gasteiger partial charge is 0.389 e. The number of fused-ring (bicyclic) bond motifs is 1. The Hall–Kier alpha value is -1.74. The van der Waals surface area contributed by atoms with E-state index in [2.05, 4.69) is 15.3 Å². The maximum absolute atomic E-state index is 12.3. The Morgan fingerprint density at radius 3 is 2.79 bits per heavy atom. The quantitative estimate of drug-likeness (QED) is 0.747. The van der Waals surface area contributed by atoms with E-state index >= 15 is 0 Å². The molecule has 0 spiro atoms. The molecule has 8 nitrogen and oxygen atoms in total. The molecular weight excluding hydrogens is 330 g/mol. The zero-order chi connectivity index (χ0) is 16.8. The Labute approximate surface area is 142 Å². The number of aliphatic hydroxyl groups is 1. The van der Waals surface area contributed by atoms with Gasteiger partial charge in [-0.3, -0.25) is 9.00 Å². The first-order valence-corrected chi connectivity index (χ1v) is 9.57. The molecule has 2 fully saturated rings. The van der Waals surface area contributed by atoms with Crippen molar-refractivity contribution >= 4 is 28.5 Å². The van der Waals surface area contributed by atoms with E-state index in [0.29, 0.717) is 48.5 Å². The number of amides is 1. The van der Waals surface area contributed by atoms with Crippen LogP contribution in [0.15, 0.2) is 4.90 Å². The van der Waals surface area contributed by atoms with Crippen LogP contribution in [0.25, 0.3) is 0 Å². The summed E-state index contributed by atoms with van der Waals surface area (Å²) in [7, 11) is -1.08. The highest BCUT2D eigenvalue weighted by Gasteiger charge is 2.33. The lowest BCUT2D eigenvalue weighted by Gasteiger charge is -2.36. The number of carbonyl (C=O) groups is 1. The second kappa shape index (κ2) is 5.96. The van der Waals surface area contributed by atoms with E-state index in [-0.39, 0.29) is 18.1 Å². The summed E-state index contributed by atoms with van der Waals surface area (Å²) in [5.41, 5.74) is 0.837. The lowest BCUT2D eigenvalue weighted by molar-refractivity contribution is -0.127. The number of nitrogens with one attached hydrogen (secondary N) is 1. The lowest BCUT2D eigenvalue weighted by atomic mass is 10.2. The molecule has 1 unspecified atom stereocenters. The van der Waals surface area contributed by atoms with Gasteiger partial charge in [0.1, 0.15) is 10.7 Å². The minimum absolute atomic E-state index is 0.0750. The number of carbonyl (C=O) groups excluding carboxylic acids is 1. The Kier molecular flexibility index (Phi) is 3.92. The van der Waals surface area contributed by atoms with Gasteiger partial charge in [-0.25, -0.2) is 4.98 Å². The van der Waals surface area contributed by atoms with Gasteiger partial charge in [-0.15, -0.1) is 0 Å². The molecule has 2 atom stereocenters. The number of aromatic nitrogens is 2. The second-order valence-electron chi connectivity index (χ2n) is 6.60. The third-order valence-corrected chi connectivity index (χ3v) is 6.25. The van der Waals surface area contributed by atoms with Crippen LogP contribution in [0.5, 0.6) is 0 Å². The van der Waals surface area contributed by atoms with Crippen molar-refractivity contribution in [2.75, 3.05) is 42.1 Å². The molecule has 130 valence electrons. The highest BCUT2D eigenvalue weighted by atomic mass is 32.2. The number of aryl methyl sites for hydroxylation is 1. The minimum atomic E-state index is -1.08. The van der Waals surface area contributed by atoms with Gasteiger partial charge in [0.25, 0.3) is 0 Å². The number of aliphatic hydroxyl groups excluding tert-OH is 1. The van der Waals surface area contributed by atoms with Gasteiger partial charge >= 0.3 is 0 Å². The van der Waals surface area contributed by atoms with E-state index in [1.54, 1.807) is 6.92 Å². The molecule has 9 heteroatoms. The van der Waals surface area contributed by atoms with E-state index in [1.165, 1.54) is 0 Å². The first-order chi connectivity index (χ1) is 11.5. The number of rotatable bonds is 3. The Balaban J connectivity index is 1.59. The van der Waals surface area contributed by atoms with Gasteiger partial charge in [0.2, 0.25) is 11.9 Å². The fourth-order valence-electron chi connectivity index (χ4n) is 3.40. The van der Waals surface area contributed by atoms with Gasteiger partial charge in [-0.1, -0.05) is 0 Å². The van der Waals surface area contributed by atoms with Crippen LogP contribution in [-0.4, -0.2) is 74.2 Å². The van der Waals surface area contributed by atoms with Crippen LogP contribution in [0.2, 0.25) is 0 Å². The standard InChI is InChI=1S/C15H21N5O3S/c1-9(21)19-4-2-10(6-19)16-14-13-12(3-5-24(13)23)17-15(18-14)20-7-11(22)8-20/h10-11,22H,2-8H2,1H3,(H,16,17,18)/t10-,24?/m0/s1. The van der Waals surface area contributed by atoms with Gasteiger partial charge < -0.3 is 20.2 Å². The molecule has 4 rings (SSSR count). The van der Waals surface area contributed by atoms with Crippen molar-refractivity contribution in [3.63, 3.8) is 0 Å². The lowest BCUT2D eigenvalue weighted by Crippen LogP contribution is -2.51. The molecule has 1 amide bonds. The molecule has 24 heavy (non-hydrogen) atoms. The van der Waals surface area contributed by atoms with Crippen molar-refractivity contribution in [2.24, 2.45) is 0 Å². The topological polar surface area (TPSA) is 98.7 Å². The average molecular weight is 351 g/mol. The van der Waals surface area contributed by atoms with Crippen LogP contribution in [0.4, 0.5) is 11.8 Å². The number of nitrogens with zero attached hydrogens (tertiary/aromatic N) is 4. The summed E-state index contributed by atoms with van der Waals surface area (Å²) in [4.78, 5) is 25.1. The molecule has 0 aliphatic carbocycles. The molecule has 2 saturated heterocycles. The number of likely N-dealkylation sites (tertiary alicyclic amines) is 1. The summed E-state index contributed by atoms with van der Waals surface area (Å²) in [5.74, 6) is 1.87. The summed E-state index contributed by atoms with van der Waals surface area (Å²) in [6.07, 6.45) is 1.21. The monoisotopic (exact) mass is 351 g/mol. The molecule has 0 radical (unpaired) electrons. The third-order valence-electron chi connectivity index (χ3n) is 4.80. The highest BCUT2D eigenvalue weighted by Crippen LogP contribution is 2.32. The smallest absolute Gasteiger partial charge is 0.227 e. The summed E-state index contributed by atoms with van der Waals surface area (Å²) in [5, 5.41) is 12.9. The van der Waals surface area contributed by atoms with Crippen LogP contribution in [0, 0.1) is 0 Å². The van der Waals surface area contributed by atoms with Crippen molar-refractivity contribution in [1.29, 1.82) is 0 Å². The summed E-state index contributed by atoms with van der Waals surface area (Å²) >= 11 is 0. The molecule has 2 N–H and O–H groups in total. The van der Waals surface area contributed by atoms with Crippen molar-refractivity contribution in [3.05, 3.63) is 5.69 Å². The average Bonchev–Trinajstić information content (AvgIpc) is 3.11. The first kappa shape index (κ1) is 15.8. The van der Waals surface area contributed by atoms with Crippen LogP contribution < -0.4 is 10.2 Å². The van der Waals surface area contributed by atoms with Crippen LogP contribution in [-0.2, 0) is 22.0 Å². The van der Waals surface area contributed by atoms with Crippen molar-refractivity contribution in [2.45, 2.75) is 36.8 Å². The van der Waals surface area contributed by atoms with Crippen molar-refractivity contribution in [1.82, 2.24) is 14.9 Å². The zero-order valence-electron chi connectivity index (χ0n) is 13.6. The van der Waals surface area contributed by atoms with E-state index in [0.717, 1.165) is 18.7 Å². The highest BCUT2D eigenvalue weighted by molar-refractivity contribution is 7.85. The normalized spacial score (nSPS) is 26.4. The van der Waals surface area contributed by atoms with Crippen LogP contribution in [0.1, 0.15) is 19.0 Å².